The number of phenols is 2. The van der Waals surface area contributed by atoms with Crippen LogP contribution in [0.4, 0.5) is 5.69 Å². The van der Waals surface area contributed by atoms with Gasteiger partial charge in [0.1, 0.15) is 22.8 Å². The van der Waals surface area contributed by atoms with Crippen LogP contribution in [0.3, 0.4) is 0 Å². The molecule has 0 bridgehead atoms. The van der Waals surface area contributed by atoms with Gasteiger partial charge in [-0.1, -0.05) is 84.9 Å². The van der Waals surface area contributed by atoms with Gasteiger partial charge in [0, 0.05) is 17.3 Å². The van der Waals surface area contributed by atoms with Crippen LogP contribution < -0.4 is 5.43 Å². The van der Waals surface area contributed by atoms with E-state index in [1.165, 1.54) is 0 Å². The van der Waals surface area contributed by atoms with Gasteiger partial charge in [0.15, 0.2) is 5.76 Å². The van der Waals surface area contributed by atoms with Gasteiger partial charge in [-0.3, -0.25) is 9.79 Å². The fourth-order valence-electron chi connectivity index (χ4n) is 4.04. The van der Waals surface area contributed by atoms with Crippen LogP contribution in [0.5, 0.6) is 17.2 Å². The van der Waals surface area contributed by atoms with Crippen LogP contribution in [0.1, 0.15) is 5.56 Å². The van der Waals surface area contributed by atoms with Gasteiger partial charge < -0.3 is 19.7 Å². The first-order valence-electron chi connectivity index (χ1n) is 12.0. The van der Waals surface area contributed by atoms with Gasteiger partial charge in [-0.25, -0.2) is 0 Å². The zero-order chi connectivity index (χ0) is 28.5. The van der Waals surface area contributed by atoms with Gasteiger partial charge in [-0.05, 0) is 41.1 Å². The molecule has 1 aromatic heterocycles. The summed E-state index contributed by atoms with van der Waals surface area (Å²) >= 11 is 1.06. The number of phenolic OH excluding ortho intramolecular Hbond substituents is 2. The van der Waals surface area contributed by atoms with Crippen LogP contribution in [0.25, 0.3) is 33.1 Å². The van der Waals surface area contributed by atoms with Crippen LogP contribution in [-0.2, 0) is 21.0 Å². The Morgan fingerprint density at radius 3 is 2.02 bits per heavy atom. The fraction of sp³-hybridized carbons (Fsp3) is 0. The number of hydrogen-bond donors (Lipinski definition) is 3. The molecule has 1 heterocycles. The molecule has 6 aromatic rings. The van der Waals surface area contributed by atoms with Crippen LogP contribution in [0.15, 0.2) is 129 Å². The second-order valence-corrected chi connectivity index (χ2v) is 8.44. The van der Waals surface area contributed by atoms with E-state index in [2.05, 4.69) is 4.99 Å². The Balaban J connectivity index is 0.000000175. The van der Waals surface area contributed by atoms with Crippen molar-refractivity contribution < 1.29 is 40.8 Å². The molecule has 0 unspecified atom stereocenters. The first kappa shape index (κ1) is 28.0. The van der Waals surface area contributed by atoms with Crippen molar-refractivity contribution in [3.8, 4) is 28.6 Å². The number of benzene rings is 5. The predicted octanol–water partition coefficient (Wildman–Crippen LogP) is 7.05. The molecule has 197 valence electrons. The summed E-state index contributed by atoms with van der Waals surface area (Å²) in [6, 6.07) is 34.1. The molecule has 3 N–H and O–H groups in total. The van der Waals surface area contributed by atoms with Gasteiger partial charge in [0.05, 0.1) is 5.39 Å². The van der Waals surface area contributed by atoms with E-state index in [1.807, 2.05) is 48.5 Å². The molecule has 0 radical (unpaired) electrons. The van der Waals surface area contributed by atoms with Crippen molar-refractivity contribution in [2.45, 2.75) is 0 Å². The Morgan fingerprint density at radius 1 is 0.650 bits per heavy atom. The topological polar surface area (TPSA) is 120 Å². The minimum atomic E-state index is -0.407. The van der Waals surface area contributed by atoms with Crippen LogP contribution in [0.2, 0.25) is 0 Å². The molecule has 0 saturated heterocycles. The summed E-state index contributed by atoms with van der Waals surface area (Å²) in [7, 11) is 0. The molecular weight excluding hydrogens is 545 g/mol. The van der Waals surface area contributed by atoms with Gasteiger partial charge in [0.25, 0.3) is 0 Å². The zero-order valence-electron chi connectivity index (χ0n) is 21.0. The van der Waals surface area contributed by atoms with Crippen molar-refractivity contribution in [2.24, 2.45) is 4.99 Å². The molecule has 0 spiro atoms. The maximum absolute atomic E-state index is 12.0. The molecule has 0 atom stereocenters. The molecule has 6 rings (SSSR count). The van der Waals surface area contributed by atoms with E-state index in [0.29, 0.717) is 27.8 Å². The summed E-state index contributed by atoms with van der Waals surface area (Å²) in [5.41, 5.74) is 1.86. The van der Waals surface area contributed by atoms with Gasteiger partial charge in [0.2, 0.25) is 11.2 Å². The molecule has 8 heteroatoms. The SMILES string of the molecule is O=c1c(O)c(-c2ccccc2)oc2ccccc12.Oc1ccccc1N=Cc1c(O)ccc2ccccc12.[O]=[V]. The molecule has 0 fully saturated rings. The Kier molecular flexibility index (Phi) is 9.25. The molecule has 40 heavy (non-hydrogen) atoms. The number of nitrogens with zero attached hydrogens (tertiary/aromatic N) is 1. The van der Waals surface area contributed by atoms with Crippen LogP contribution in [0, 0.1) is 0 Å². The van der Waals surface area contributed by atoms with Gasteiger partial charge in [-0.2, -0.15) is 0 Å². The average Bonchev–Trinajstić information content (AvgIpc) is 3.01. The molecular formula is C32H23NO6V. The molecule has 0 amide bonds. The second-order valence-electron chi connectivity index (χ2n) is 8.44. The standard InChI is InChI=1S/C17H13NO2.C15H10O3.O.V/c19-16-10-9-12-5-1-2-6-13(12)14(16)11-18-15-7-3-4-8-17(15)20;16-13-11-8-4-5-9-12(11)18-15(14(13)17)10-6-2-1-3-7-10;;/h1-11,19-20H;1-9,17H;;. The monoisotopic (exact) mass is 568 g/mol. The Labute approximate surface area is 238 Å². The van der Waals surface area contributed by atoms with Crippen molar-refractivity contribution in [3.05, 3.63) is 131 Å². The normalized spacial score (nSPS) is 10.5. The summed E-state index contributed by atoms with van der Waals surface area (Å²) in [5.74, 6) is 0.144. The summed E-state index contributed by atoms with van der Waals surface area (Å²) in [6.45, 7) is 0. The van der Waals surface area contributed by atoms with E-state index in [9.17, 15) is 20.1 Å². The third kappa shape index (κ3) is 6.18. The first-order valence-corrected chi connectivity index (χ1v) is 12.6. The van der Waals surface area contributed by atoms with E-state index in [-0.39, 0.29) is 23.0 Å². The number of para-hydroxylation sites is 3. The zero-order valence-corrected chi connectivity index (χ0v) is 22.4. The van der Waals surface area contributed by atoms with Crippen molar-refractivity contribution >= 4 is 33.6 Å². The summed E-state index contributed by atoms with van der Waals surface area (Å²) in [6.07, 6.45) is 1.58. The van der Waals surface area contributed by atoms with Crippen molar-refractivity contribution in [1.82, 2.24) is 0 Å². The van der Waals surface area contributed by atoms with Gasteiger partial charge >= 0.3 is 21.0 Å². The first-order chi connectivity index (χ1) is 19.5. The third-order valence-electron chi connectivity index (χ3n) is 5.97. The summed E-state index contributed by atoms with van der Waals surface area (Å²) in [5, 5.41) is 32.0. The number of rotatable bonds is 3. The molecule has 0 saturated carbocycles. The van der Waals surface area contributed by atoms with E-state index in [0.717, 1.165) is 28.1 Å². The van der Waals surface area contributed by atoms with Crippen LogP contribution >= 0.6 is 0 Å². The van der Waals surface area contributed by atoms with E-state index in [1.54, 1.807) is 72.9 Å². The fourth-order valence-corrected chi connectivity index (χ4v) is 4.04. The van der Waals surface area contributed by atoms with E-state index in [4.69, 9.17) is 8.09 Å². The maximum atomic E-state index is 12.0. The molecule has 0 aliphatic rings. The van der Waals surface area contributed by atoms with Crippen molar-refractivity contribution in [1.29, 1.82) is 0 Å². The molecule has 5 aromatic carbocycles. The predicted molar refractivity (Wildman–Crippen MR) is 151 cm³/mol. The second kappa shape index (κ2) is 13.2. The molecule has 0 aliphatic heterocycles. The minimum absolute atomic E-state index is 0.114. The number of hydrogen-bond acceptors (Lipinski definition) is 7. The summed E-state index contributed by atoms with van der Waals surface area (Å²) < 4.78 is 13.8. The Bertz CT molecular complexity index is 1850. The molecule has 7 nitrogen and oxygen atoms in total. The molecule has 0 aliphatic carbocycles. The quantitative estimate of drug-likeness (QED) is 0.197. The van der Waals surface area contributed by atoms with E-state index < -0.39 is 5.43 Å². The Morgan fingerprint density at radius 2 is 1.27 bits per heavy atom. The van der Waals surface area contributed by atoms with Crippen molar-refractivity contribution in [2.75, 3.05) is 0 Å². The summed E-state index contributed by atoms with van der Waals surface area (Å²) in [4.78, 5) is 16.3. The number of aliphatic imine (C=N–C) groups is 1. The van der Waals surface area contributed by atoms with Gasteiger partial charge in [-0.15, -0.1) is 0 Å². The third-order valence-corrected chi connectivity index (χ3v) is 5.97. The van der Waals surface area contributed by atoms with Crippen LogP contribution in [-0.4, -0.2) is 21.5 Å². The van der Waals surface area contributed by atoms with Crippen molar-refractivity contribution in [3.63, 3.8) is 0 Å². The Hall–Kier alpha value is -4.98. The van der Waals surface area contributed by atoms with E-state index >= 15 is 0 Å². The number of fused-ring (bicyclic) bond motifs is 2. The number of aromatic hydroxyl groups is 3. The average molecular weight is 568 g/mol.